The predicted molar refractivity (Wildman–Crippen MR) is 106 cm³/mol. The minimum absolute atomic E-state index is 0.00268. The van der Waals surface area contributed by atoms with E-state index < -0.39 is 59.1 Å². The first-order valence-corrected chi connectivity index (χ1v) is 10.8. The molecule has 1 aliphatic carbocycles. The van der Waals surface area contributed by atoms with Crippen molar-refractivity contribution >= 4 is 0 Å². The van der Waals surface area contributed by atoms with E-state index in [1.807, 2.05) is 0 Å². The van der Waals surface area contributed by atoms with Gasteiger partial charge in [-0.25, -0.2) is 8.78 Å². The lowest BCUT2D eigenvalue weighted by Crippen LogP contribution is -2.57. The highest BCUT2D eigenvalue weighted by Crippen LogP contribution is 2.51. The Morgan fingerprint density at radius 3 is 2.03 bits per heavy atom. The minimum atomic E-state index is -6.25. The molecule has 2 aliphatic rings. The Hall–Kier alpha value is -2.23. The normalized spacial score (nSPS) is 25.2. The summed E-state index contributed by atoms with van der Waals surface area (Å²) in [4.78, 5) is 0. The van der Waals surface area contributed by atoms with Gasteiger partial charge in [-0.2, -0.15) is 30.7 Å². The van der Waals surface area contributed by atoms with Crippen molar-refractivity contribution in [3.63, 3.8) is 0 Å². The highest BCUT2D eigenvalue weighted by molar-refractivity contribution is 5.67. The van der Waals surface area contributed by atoms with Gasteiger partial charge < -0.3 is 4.74 Å². The van der Waals surface area contributed by atoms with Crippen molar-refractivity contribution in [3.05, 3.63) is 58.7 Å². The van der Waals surface area contributed by atoms with Crippen LogP contribution in [0.25, 0.3) is 11.1 Å². The number of benzene rings is 2. The van der Waals surface area contributed by atoms with Crippen LogP contribution in [0, 0.1) is 17.6 Å². The minimum Gasteiger partial charge on any atom is -0.360 e. The molecule has 0 spiro atoms. The van der Waals surface area contributed by atoms with Crippen molar-refractivity contribution in [3.8, 4) is 11.1 Å². The van der Waals surface area contributed by atoms with Gasteiger partial charge in [0.15, 0.2) is 6.10 Å². The van der Waals surface area contributed by atoms with Crippen LogP contribution >= 0.6 is 0 Å². The molecule has 1 saturated carbocycles. The summed E-state index contributed by atoms with van der Waals surface area (Å²) in [6.45, 7) is 1.10. The first-order valence-electron chi connectivity index (χ1n) is 10.8. The first-order chi connectivity index (χ1) is 15.7. The second-order valence-electron chi connectivity index (χ2n) is 9.12. The number of fused-ring (bicyclic) bond motifs is 1. The summed E-state index contributed by atoms with van der Waals surface area (Å²) < 4.78 is 129. The molecule has 0 saturated heterocycles. The maximum atomic E-state index is 14.9. The molecule has 0 aromatic heterocycles. The molecule has 0 amide bonds. The molecule has 0 radical (unpaired) electrons. The van der Waals surface area contributed by atoms with E-state index in [1.54, 1.807) is 0 Å². The lowest BCUT2D eigenvalue weighted by molar-refractivity contribution is -0.355. The molecular formula is C24H21F9O. The third-order valence-electron chi connectivity index (χ3n) is 6.75. The second-order valence-corrected chi connectivity index (χ2v) is 9.12. The van der Waals surface area contributed by atoms with E-state index in [-0.39, 0.29) is 11.5 Å². The summed E-state index contributed by atoms with van der Waals surface area (Å²) in [5.74, 6) is -11.8. The molecule has 2 aromatic rings. The zero-order valence-corrected chi connectivity index (χ0v) is 18.0. The SMILES string of the molecule is CC1CCC(c2cc(F)c(-c3ccc4c(c3)COC(C(F)(F)C(F)(F)F)C4(F)F)c(F)c2)CC1. The van der Waals surface area contributed by atoms with Crippen molar-refractivity contribution in [2.75, 3.05) is 0 Å². The molecule has 1 atom stereocenters. The van der Waals surface area contributed by atoms with Crippen LogP contribution in [-0.2, 0) is 17.3 Å². The second kappa shape index (κ2) is 8.46. The van der Waals surface area contributed by atoms with Crippen LogP contribution < -0.4 is 0 Å². The fraction of sp³-hybridized carbons (Fsp3) is 0.500. The first kappa shape index (κ1) is 24.9. The van der Waals surface area contributed by atoms with Crippen LogP contribution in [-0.4, -0.2) is 18.2 Å². The Labute approximate surface area is 189 Å². The van der Waals surface area contributed by atoms with Crippen molar-refractivity contribution in [1.29, 1.82) is 0 Å². The van der Waals surface area contributed by atoms with Crippen LogP contribution in [0.3, 0.4) is 0 Å². The van der Waals surface area contributed by atoms with Gasteiger partial charge in [0.2, 0.25) is 0 Å². The Kier molecular flexibility index (Phi) is 6.19. The number of rotatable bonds is 3. The van der Waals surface area contributed by atoms with Crippen molar-refractivity contribution in [2.24, 2.45) is 5.92 Å². The summed E-state index contributed by atoms with van der Waals surface area (Å²) in [7, 11) is 0. The fourth-order valence-corrected chi connectivity index (χ4v) is 4.79. The smallest absolute Gasteiger partial charge is 0.360 e. The monoisotopic (exact) mass is 496 g/mol. The molecule has 34 heavy (non-hydrogen) atoms. The predicted octanol–water partition coefficient (Wildman–Crippen LogP) is 8.11. The van der Waals surface area contributed by atoms with Crippen LogP contribution in [0.4, 0.5) is 39.5 Å². The van der Waals surface area contributed by atoms with E-state index in [1.165, 1.54) is 12.1 Å². The van der Waals surface area contributed by atoms with Crippen LogP contribution in [0.5, 0.6) is 0 Å². The molecule has 1 nitrogen and oxygen atoms in total. The Bertz CT molecular complexity index is 1050. The quantitative estimate of drug-likeness (QED) is 0.390. The zero-order chi connectivity index (χ0) is 25.1. The Morgan fingerprint density at radius 2 is 1.47 bits per heavy atom. The van der Waals surface area contributed by atoms with Crippen molar-refractivity contribution < 1.29 is 44.3 Å². The molecule has 1 heterocycles. The molecule has 10 heteroatoms. The van der Waals surface area contributed by atoms with Gasteiger partial charge in [-0.1, -0.05) is 31.9 Å². The van der Waals surface area contributed by atoms with Gasteiger partial charge in [-0.15, -0.1) is 0 Å². The highest BCUT2D eigenvalue weighted by atomic mass is 19.4. The average molecular weight is 496 g/mol. The van der Waals surface area contributed by atoms with E-state index in [0.717, 1.165) is 37.8 Å². The number of ether oxygens (including phenoxy) is 1. The van der Waals surface area contributed by atoms with E-state index in [2.05, 4.69) is 11.7 Å². The third kappa shape index (κ3) is 4.18. The summed E-state index contributed by atoms with van der Waals surface area (Å²) >= 11 is 0. The van der Waals surface area contributed by atoms with E-state index in [9.17, 15) is 39.5 Å². The molecule has 186 valence electrons. The standard InChI is InChI=1S/C24H21F9O/c1-12-2-4-13(5-3-12)15-9-18(25)20(19(26)10-15)14-6-7-17-16(8-14)11-34-21(22(17,27)28)23(29,30)24(31,32)33/h6-10,12-13,21H,2-5,11H2,1H3. The van der Waals surface area contributed by atoms with Gasteiger partial charge in [0, 0.05) is 5.56 Å². The van der Waals surface area contributed by atoms with Gasteiger partial charge >= 0.3 is 18.0 Å². The zero-order valence-electron chi connectivity index (χ0n) is 18.0. The Balaban J connectivity index is 1.67. The number of halogens is 9. The summed E-state index contributed by atoms with van der Waals surface area (Å²) in [6, 6.07) is 4.81. The van der Waals surface area contributed by atoms with E-state index in [4.69, 9.17) is 0 Å². The maximum absolute atomic E-state index is 14.9. The maximum Gasteiger partial charge on any atom is 0.456 e. The van der Waals surface area contributed by atoms with Crippen LogP contribution in [0.1, 0.15) is 55.2 Å². The summed E-state index contributed by atoms with van der Waals surface area (Å²) in [5, 5.41) is 0. The van der Waals surface area contributed by atoms with Crippen LogP contribution in [0.15, 0.2) is 30.3 Å². The molecule has 4 rings (SSSR count). The molecule has 1 aliphatic heterocycles. The Morgan fingerprint density at radius 1 is 0.882 bits per heavy atom. The lowest BCUT2D eigenvalue weighted by atomic mass is 9.79. The molecule has 0 N–H and O–H groups in total. The van der Waals surface area contributed by atoms with Gasteiger partial charge in [-0.05, 0) is 59.6 Å². The molecule has 1 unspecified atom stereocenters. The molecule has 1 fully saturated rings. The average Bonchev–Trinajstić information content (AvgIpc) is 2.72. The van der Waals surface area contributed by atoms with Gasteiger partial charge in [-0.3, -0.25) is 0 Å². The van der Waals surface area contributed by atoms with Crippen LogP contribution in [0.2, 0.25) is 0 Å². The van der Waals surface area contributed by atoms with Gasteiger partial charge in [0.25, 0.3) is 0 Å². The summed E-state index contributed by atoms with van der Waals surface area (Å²) in [6.07, 6.45) is -6.57. The van der Waals surface area contributed by atoms with Gasteiger partial charge in [0.05, 0.1) is 12.2 Å². The molecular weight excluding hydrogens is 475 g/mol. The largest absolute Gasteiger partial charge is 0.456 e. The van der Waals surface area contributed by atoms with Crippen molar-refractivity contribution in [1.82, 2.24) is 0 Å². The third-order valence-corrected chi connectivity index (χ3v) is 6.75. The van der Waals surface area contributed by atoms with Crippen molar-refractivity contribution in [2.45, 2.75) is 69.3 Å². The molecule has 2 aromatic carbocycles. The fourth-order valence-electron chi connectivity index (χ4n) is 4.79. The summed E-state index contributed by atoms with van der Waals surface area (Å²) in [5.41, 5.74) is -1.69. The number of hydrogen-bond acceptors (Lipinski definition) is 1. The number of alkyl halides is 7. The number of hydrogen-bond donors (Lipinski definition) is 0. The van der Waals surface area contributed by atoms with E-state index >= 15 is 0 Å². The van der Waals surface area contributed by atoms with E-state index in [0.29, 0.717) is 17.5 Å². The topological polar surface area (TPSA) is 9.23 Å². The highest BCUT2D eigenvalue weighted by Gasteiger charge is 2.71. The van der Waals surface area contributed by atoms with Gasteiger partial charge in [0.1, 0.15) is 11.6 Å². The lowest BCUT2D eigenvalue weighted by Gasteiger charge is -2.38. The molecule has 0 bridgehead atoms.